The van der Waals surface area contributed by atoms with Gasteiger partial charge in [0.2, 0.25) is 0 Å². The van der Waals surface area contributed by atoms with Crippen LogP contribution >= 0.6 is 0 Å². The van der Waals surface area contributed by atoms with Gasteiger partial charge in [0.25, 0.3) is 0 Å². The molecule has 0 heterocycles. The van der Waals surface area contributed by atoms with Crippen LogP contribution in [0.25, 0.3) is 6.08 Å². The Morgan fingerprint density at radius 3 is 2.79 bits per heavy atom. The molecule has 0 aromatic heterocycles. The second-order valence-corrected chi connectivity index (χ2v) is 4.28. The first-order valence-corrected chi connectivity index (χ1v) is 6.50. The molecule has 0 amide bonds. The predicted octanol–water partition coefficient (Wildman–Crippen LogP) is 3.27. The molecule has 0 fully saturated rings. The molecule has 0 aliphatic heterocycles. The summed E-state index contributed by atoms with van der Waals surface area (Å²) < 4.78 is 10.9. The number of hydrogen-bond donors (Lipinski definition) is 1. The summed E-state index contributed by atoms with van der Waals surface area (Å²) in [5.41, 5.74) is 2.39. The van der Waals surface area contributed by atoms with E-state index in [4.69, 9.17) is 9.47 Å². The van der Waals surface area contributed by atoms with Gasteiger partial charge >= 0.3 is 0 Å². The van der Waals surface area contributed by atoms with Crippen LogP contribution in [0.5, 0.6) is 11.5 Å². The molecule has 0 aliphatic rings. The number of hydrogen-bond acceptors (Lipinski definition) is 3. The fourth-order valence-electron chi connectivity index (χ4n) is 1.70. The first-order valence-electron chi connectivity index (χ1n) is 6.50. The van der Waals surface area contributed by atoms with Crippen molar-refractivity contribution in [2.45, 2.75) is 13.8 Å². The Kier molecular flexibility index (Phi) is 6.75. The van der Waals surface area contributed by atoms with Crippen molar-refractivity contribution in [3.8, 4) is 11.5 Å². The number of likely N-dealkylation sites (N-methyl/N-ethyl adjacent to an activating group) is 1. The summed E-state index contributed by atoms with van der Waals surface area (Å²) in [6, 6.07) is 5.93. The summed E-state index contributed by atoms with van der Waals surface area (Å²) in [7, 11) is 1.65. The molecule has 0 aliphatic carbocycles. The van der Waals surface area contributed by atoms with E-state index in [0.29, 0.717) is 6.61 Å². The van der Waals surface area contributed by atoms with E-state index < -0.39 is 0 Å². The molecule has 0 atom stereocenters. The third-order valence-electron chi connectivity index (χ3n) is 2.61. The average Bonchev–Trinajstić information content (AvgIpc) is 2.43. The highest BCUT2D eigenvalue weighted by Crippen LogP contribution is 2.28. The first kappa shape index (κ1) is 15.3. The fourth-order valence-corrected chi connectivity index (χ4v) is 1.70. The van der Waals surface area contributed by atoms with Gasteiger partial charge in [-0.15, -0.1) is 0 Å². The predicted molar refractivity (Wildman–Crippen MR) is 80.9 cm³/mol. The van der Waals surface area contributed by atoms with Crippen LogP contribution in [-0.4, -0.2) is 26.8 Å². The lowest BCUT2D eigenvalue weighted by atomic mass is 10.1. The monoisotopic (exact) mass is 261 g/mol. The van der Waals surface area contributed by atoms with Gasteiger partial charge in [-0.25, -0.2) is 0 Å². The van der Waals surface area contributed by atoms with Crippen LogP contribution in [0.15, 0.2) is 36.4 Å². The van der Waals surface area contributed by atoms with Crippen molar-refractivity contribution in [2.24, 2.45) is 0 Å². The number of ether oxygens (including phenoxy) is 2. The maximum atomic E-state index is 5.53. The molecule has 0 saturated heterocycles. The minimum atomic E-state index is 0.477. The van der Waals surface area contributed by atoms with Crippen molar-refractivity contribution in [1.82, 2.24) is 5.32 Å². The molecule has 3 heteroatoms. The van der Waals surface area contributed by atoms with Crippen molar-refractivity contribution >= 4 is 6.08 Å². The van der Waals surface area contributed by atoms with Gasteiger partial charge in [-0.05, 0) is 31.2 Å². The van der Waals surface area contributed by atoms with E-state index in [2.05, 4.69) is 31.8 Å². The van der Waals surface area contributed by atoms with E-state index >= 15 is 0 Å². The van der Waals surface area contributed by atoms with Crippen LogP contribution in [0, 0.1) is 0 Å². The second kappa shape index (κ2) is 8.38. The molecule has 0 saturated carbocycles. The lowest BCUT2D eigenvalue weighted by molar-refractivity contribution is 0.326. The number of benzene rings is 1. The number of methoxy groups -OCH3 is 1. The highest BCUT2D eigenvalue weighted by Gasteiger charge is 2.04. The third kappa shape index (κ3) is 5.18. The molecule has 1 rings (SSSR count). The standard InChI is InChI=1S/C16H23NO2/c1-5-9-19-15-8-7-14(11-16(15)18-4)10-13(3)12-17-6-2/h5,7-8,10-11,17H,1,6,9,12H2,2-4H3. The zero-order valence-electron chi connectivity index (χ0n) is 12.0. The topological polar surface area (TPSA) is 30.5 Å². The van der Waals surface area contributed by atoms with E-state index in [-0.39, 0.29) is 0 Å². The Morgan fingerprint density at radius 2 is 2.16 bits per heavy atom. The van der Waals surface area contributed by atoms with Crippen LogP contribution in [0.2, 0.25) is 0 Å². The lowest BCUT2D eigenvalue weighted by Crippen LogP contribution is -2.14. The molecule has 3 nitrogen and oxygen atoms in total. The van der Waals surface area contributed by atoms with Crippen molar-refractivity contribution in [3.63, 3.8) is 0 Å². The summed E-state index contributed by atoms with van der Waals surface area (Å²) in [5.74, 6) is 1.48. The maximum Gasteiger partial charge on any atom is 0.161 e. The molecular formula is C16H23NO2. The van der Waals surface area contributed by atoms with Gasteiger partial charge in [-0.3, -0.25) is 0 Å². The van der Waals surface area contributed by atoms with E-state index in [0.717, 1.165) is 30.2 Å². The summed E-state index contributed by atoms with van der Waals surface area (Å²) in [4.78, 5) is 0. The minimum Gasteiger partial charge on any atom is -0.493 e. The van der Waals surface area contributed by atoms with Crippen molar-refractivity contribution in [1.29, 1.82) is 0 Å². The Morgan fingerprint density at radius 1 is 1.37 bits per heavy atom. The number of nitrogens with one attached hydrogen (secondary N) is 1. The van der Waals surface area contributed by atoms with Crippen molar-refractivity contribution in [3.05, 3.63) is 42.0 Å². The van der Waals surface area contributed by atoms with Gasteiger partial charge in [0.15, 0.2) is 11.5 Å². The largest absolute Gasteiger partial charge is 0.493 e. The second-order valence-electron chi connectivity index (χ2n) is 4.28. The molecule has 1 aromatic rings. The highest BCUT2D eigenvalue weighted by molar-refractivity contribution is 5.58. The van der Waals surface area contributed by atoms with Gasteiger partial charge in [-0.2, -0.15) is 0 Å². The van der Waals surface area contributed by atoms with Crippen LogP contribution in [0.4, 0.5) is 0 Å². The van der Waals surface area contributed by atoms with E-state index in [9.17, 15) is 0 Å². The molecule has 0 bridgehead atoms. The number of rotatable bonds is 8. The van der Waals surface area contributed by atoms with Crippen LogP contribution in [0.1, 0.15) is 19.4 Å². The van der Waals surface area contributed by atoms with E-state index in [1.807, 2.05) is 18.2 Å². The Hall–Kier alpha value is -1.74. The molecule has 0 spiro atoms. The average molecular weight is 261 g/mol. The van der Waals surface area contributed by atoms with E-state index in [1.165, 1.54) is 5.57 Å². The molecule has 19 heavy (non-hydrogen) atoms. The maximum absolute atomic E-state index is 5.53. The molecule has 104 valence electrons. The van der Waals surface area contributed by atoms with Gasteiger partial charge in [0.1, 0.15) is 6.61 Å². The summed E-state index contributed by atoms with van der Waals surface area (Å²) in [6.45, 7) is 10.2. The van der Waals surface area contributed by atoms with Gasteiger partial charge in [-0.1, -0.05) is 37.3 Å². The Bertz CT molecular complexity index is 438. The lowest BCUT2D eigenvalue weighted by Gasteiger charge is -2.10. The molecule has 0 radical (unpaired) electrons. The van der Waals surface area contributed by atoms with Gasteiger partial charge < -0.3 is 14.8 Å². The molecule has 1 N–H and O–H groups in total. The summed E-state index contributed by atoms with van der Waals surface area (Å²) in [6.07, 6.45) is 3.86. The smallest absolute Gasteiger partial charge is 0.161 e. The van der Waals surface area contributed by atoms with Crippen LogP contribution in [0.3, 0.4) is 0 Å². The third-order valence-corrected chi connectivity index (χ3v) is 2.61. The zero-order valence-corrected chi connectivity index (χ0v) is 12.0. The summed E-state index contributed by atoms with van der Waals surface area (Å²) in [5, 5.41) is 3.30. The van der Waals surface area contributed by atoms with Gasteiger partial charge in [0.05, 0.1) is 7.11 Å². The van der Waals surface area contributed by atoms with Crippen LogP contribution < -0.4 is 14.8 Å². The first-order chi connectivity index (χ1) is 9.21. The Labute approximate surface area is 115 Å². The summed E-state index contributed by atoms with van der Waals surface area (Å²) >= 11 is 0. The van der Waals surface area contributed by atoms with Crippen LogP contribution in [-0.2, 0) is 0 Å². The fraction of sp³-hybridized carbons (Fsp3) is 0.375. The minimum absolute atomic E-state index is 0.477. The van der Waals surface area contributed by atoms with Crippen molar-refractivity contribution in [2.75, 3.05) is 26.8 Å². The quantitative estimate of drug-likeness (QED) is 0.728. The SMILES string of the molecule is C=CCOc1ccc(C=C(C)CNCC)cc1OC. The molecule has 1 aromatic carbocycles. The molecular weight excluding hydrogens is 238 g/mol. The van der Waals surface area contributed by atoms with E-state index in [1.54, 1.807) is 13.2 Å². The van der Waals surface area contributed by atoms with Crippen molar-refractivity contribution < 1.29 is 9.47 Å². The zero-order chi connectivity index (χ0) is 14.1. The normalized spacial score (nSPS) is 11.2. The molecule has 0 unspecified atom stereocenters. The highest BCUT2D eigenvalue weighted by atomic mass is 16.5. The Balaban J connectivity index is 2.83. The van der Waals surface area contributed by atoms with Gasteiger partial charge in [0, 0.05) is 6.54 Å².